The van der Waals surface area contributed by atoms with Crippen molar-refractivity contribution in [1.82, 2.24) is 5.32 Å². The van der Waals surface area contributed by atoms with Crippen LogP contribution in [-0.4, -0.2) is 32.3 Å². The quantitative estimate of drug-likeness (QED) is 0.849. The van der Waals surface area contributed by atoms with Gasteiger partial charge in [-0.3, -0.25) is 0 Å². The molecule has 0 bridgehead atoms. The van der Waals surface area contributed by atoms with Crippen LogP contribution < -0.4 is 15.0 Å². The molecule has 3 nitrogen and oxygen atoms in total. The lowest BCUT2D eigenvalue weighted by Gasteiger charge is -2.39. The molecule has 1 N–H and O–H groups in total. The standard InChI is InChI=1S/C14H22N2O/c1-14(2)11-15-9-6-10-16(14)12-7-4-5-8-13(12)17-3/h4-5,7-8,15H,6,9-11H2,1-3H3. The average Bonchev–Trinajstić information content (AvgIpc) is 2.50. The molecule has 0 saturated carbocycles. The third kappa shape index (κ3) is 2.55. The highest BCUT2D eigenvalue weighted by Crippen LogP contribution is 2.33. The smallest absolute Gasteiger partial charge is 0.142 e. The molecular weight excluding hydrogens is 212 g/mol. The van der Waals surface area contributed by atoms with Crippen LogP contribution in [0.25, 0.3) is 0 Å². The van der Waals surface area contributed by atoms with Crippen LogP contribution in [0.2, 0.25) is 0 Å². The van der Waals surface area contributed by atoms with Gasteiger partial charge in [-0.05, 0) is 38.9 Å². The molecule has 0 radical (unpaired) electrons. The second-order valence-electron chi connectivity index (χ2n) is 5.17. The zero-order valence-electron chi connectivity index (χ0n) is 11.0. The molecule has 94 valence electrons. The Hall–Kier alpha value is -1.22. The monoisotopic (exact) mass is 234 g/mol. The normalized spacial score (nSPS) is 19.8. The number of benzene rings is 1. The van der Waals surface area contributed by atoms with E-state index in [4.69, 9.17) is 4.74 Å². The number of hydrogen-bond donors (Lipinski definition) is 1. The van der Waals surface area contributed by atoms with E-state index in [0.29, 0.717) is 0 Å². The molecule has 0 atom stereocenters. The van der Waals surface area contributed by atoms with Crippen molar-refractivity contribution in [3.63, 3.8) is 0 Å². The van der Waals surface area contributed by atoms with Crippen LogP contribution in [-0.2, 0) is 0 Å². The lowest BCUT2D eigenvalue weighted by Crippen LogP contribution is -2.48. The topological polar surface area (TPSA) is 24.5 Å². The lowest BCUT2D eigenvalue weighted by molar-refractivity contribution is 0.404. The summed E-state index contributed by atoms with van der Waals surface area (Å²) in [5.41, 5.74) is 1.31. The summed E-state index contributed by atoms with van der Waals surface area (Å²) in [6, 6.07) is 8.27. The predicted octanol–water partition coefficient (Wildman–Crippen LogP) is 2.27. The highest BCUT2D eigenvalue weighted by atomic mass is 16.5. The van der Waals surface area contributed by atoms with Gasteiger partial charge in [0.1, 0.15) is 5.75 Å². The second kappa shape index (κ2) is 4.96. The molecule has 0 unspecified atom stereocenters. The van der Waals surface area contributed by atoms with Crippen LogP contribution in [0.1, 0.15) is 20.3 Å². The van der Waals surface area contributed by atoms with E-state index >= 15 is 0 Å². The van der Waals surface area contributed by atoms with Gasteiger partial charge in [-0.2, -0.15) is 0 Å². The number of rotatable bonds is 2. The maximum atomic E-state index is 5.47. The molecule has 1 aromatic rings. The van der Waals surface area contributed by atoms with Crippen LogP contribution in [0.4, 0.5) is 5.69 Å². The molecule has 0 aromatic heterocycles. The zero-order chi connectivity index (χ0) is 12.3. The van der Waals surface area contributed by atoms with Crippen LogP contribution in [0.3, 0.4) is 0 Å². The number of nitrogens with zero attached hydrogens (tertiary/aromatic N) is 1. The fourth-order valence-corrected chi connectivity index (χ4v) is 2.45. The average molecular weight is 234 g/mol. The zero-order valence-corrected chi connectivity index (χ0v) is 11.0. The lowest BCUT2D eigenvalue weighted by atomic mass is 10.0. The minimum Gasteiger partial charge on any atom is -0.495 e. The summed E-state index contributed by atoms with van der Waals surface area (Å²) in [5, 5.41) is 3.49. The van der Waals surface area contributed by atoms with Crippen LogP contribution in [0.15, 0.2) is 24.3 Å². The van der Waals surface area contributed by atoms with Crippen molar-refractivity contribution in [1.29, 1.82) is 0 Å². The summed E-state index contributed by atoms with van der Waals surface area (Å²) in [6.07, 6.45) is 1.17. The summed E-state index contributed by atoms with van der Waals surface area (Å²) < 4.78 is 5.47. The van der Waals surface area contributed by atoms with E-state index in [1.807, 2.05) is 12.1 Å². The molecule has 1 heterocycles. The van der Waals surface area contributed by atoms with Crippen LogP contribution in [0, 0.1) is 0 Å². The first-order valence-corrected chi connectivity index (χ1v) is 6.26. The number of anilines is 1. The molecule has 1 aromatic carbocycles. The van der Waals surface area contributed by atoms with Crippen molar-refractivity contribution < 1.29 is 4.74 Å². The molecule has 0 amide bonds. The van der Waals surface area contributed by atoms with Crippen molar-refractivity contribution in [2.75, 3.05) is 31.6 Å². The van der Waals surface area contributed by atoms with E-state index in [1.165, 1.54) is 12.1 Å². The Bertz CT molecular complexity index is 376. The summed E-state index contributed by atoms with van der Waals surface area (Å²) in [4.78, 5) is 2.45. The van der Waals surface area contributed by atoms with Crippen LogP contribution >= 0.6 is 0 Å². The number of methoxy groups -OCH3 is 1. The predicted molar refractivity (Wildman–Crippen MR) is 71.9 cm³/mol. The summed E-state index contributed by atoms with van der Waals surface area (Å²) in [6.45, 7) is 7.72. The first-order valence-electron chi connectivity index (χ1n) is 6.26. The summed E-state index contributed by atoms with van der Waals surface area (Å²) >= 11 is 0. The molecule has 0 spiro atoms. The van der Waals surface area contributed by atoms with E-state index in [-0.39, 0.29) is 5.54 Å². The fourth-order valence-electron chi connectivity index (χ4n) is 2.45. The first-order chi connectivity index (χ1) is 8.15. The van der Waals surface area contributed by atoms with E-state index in [0.717, 1.165) is 25.4 Å². The van der Waals surface area contributed by atoms with Gasteiger partial charge >= 0.3 is 0 Å². The minimum atomic E-state index is 0.116. The van der Waals surface area contributed by atoms with Gasteiger partial charge in [0.15, 0.2) is 0 Å². The molecule has 1 aliphatic heterocycles. The van der Waals surface area contributed by atoms with Crippen molar-refractivity contribution in [3.8, 4) is 5.75 Å². The second-order valence-corrected chi connectivity index (χ2v) is 5.17. The maximum Gasteiger partial charge on any atom is 0.142 e. The van der Waals surface area contributed by atoms with Crippen molar-refractivity contribution in [2.24, 2.45) is 0 Å². The molecular formula is C14H22N2O. The molecule has 1 fully saturated rings. The summed E-state index contributed by atoms with van der Waals surface area (Å²) in [7, 11) is 1.74. The van der Waals surface area contributed by atoms with E-state index in [1.54, 1.807) is 7.11 Å². The molecule has 1 aliphatic rings. The Labute approximate surface area is 104 Å². The van der Waals surface area contributed by atoms with Gasteiger partial charge in [-0.25, -0.2) is 0 Å². The Balaban J connectivity index is 2.35. The Kier molecular flexibility index (Phi) is 3.57. The van der Waals surface area contributed by atoms with Crippen molar-refractivity contribution >= 4 is 5.69 Å². The van der Waals surface area contributed by atoms with Crippen molar-refractivity contribution in [2.45, 2.75) is 25.8 Å². The summed E-state index contributed by atoms with van der Waals surface area (Å²) in [5.74, 6) is 0.961. The van der Waals surface area contributed by atoms with Gasteiger partial charge in [0, 0.05) is 18.6 Å². The largest absolute Gasteiger partial charge is 0.495 e. The van der Waals surface area contributed by atoms with Gasteiger partial charge in [-0.15, -0.1) is 0 Å². The van der Waals surface area contributed by atoms with E-state index in [9.17, 15) is 0 Å². The Morgan fingerprint density at radius 2 is 2.06 bits per heavy atom. The third-order valence-electron chi connectivity index (χ3n) is 3.40. The molecule has 1 saturated heterocycles. The number of para-hydroxylation sites is 2. The van der Waals surface area contributed by atoms with E-state index < -0.39 is 0 Å². The van der Waals surface area contributed by atoms with Gasteiger partial charge in [0.25, 0.3) is 0 Å². The highest BCUT2D eigenvalue weighted by Gasteiger charge is 2.29. The molecule has 3 heteroatoms. The SMILES string of the molecule is COc1ccccc1N1CCCNCC1(C)C. The number of ether oxygens (including phenoxy) is 1. The van der Waals surface area contributed by atoms with Gasteiger partial charge in [-0.1, -0.05) is 12.1 Å². The van der Waals surface area contributed by atoms with E-state index in [2.05, 4.69) is 36.2 Å². The highest BCUT2D eigenvalue weighted by molar-refractivity contribution is 5.60. The van der Waals surface area contributed by atoms with Crippen molar-refractivity contribution in [3.05, 3.63) is 24.3 Å². The molecule has 2 rings (SSSR count). The minimum absolute atomic E-state index is 0.116. The van der Waals surface area contributed by atoms with Gasteiger partial charge in [0.05, 0.1) is 12.8 Å². The van der Waals surface area contributed by atoms with Gasteiger partial charge in [0.2, 0.25) is 0 Å². The first kappa shape index (κ1) is 12.2. The Morgan fingerprint density at radius 1 is 1.29 bits per heavy atom. The van der Waals surface area contributed by atoms with Gasteiger partial charge < -0.3 is 15.0 Å². The number of nitrogens with one attached hydrogen (secondary N) is 1. The fraction of sp³-hybridized carbons (Fsp3) is 0.571. The maximum absolute atomic E-state index is 5.47. The van der Waals surface area contributed by atoms with Crippen LogP contribution in [0.5, 0.6) is 5.75 Å². The third-order valence-corrected chi connectivity index (χ3v) is 3.40. The number of hydrogen-bond acceptors (Lipinski definition) is 3. The molecule has 17 heavy (non-hydrogen) atoms. The molecule has 0 aliphatic carbocycles. The Morgan fingerprint density at radius 3 is 2.82 bits per heavy atom.